The number of likely N-dealkylation sites (tertiary alicyclic amines) is 1. The molecule has 0 unspecified atom stereocenters. The van der Waals surface area contributed by atoms with Crippen LogP contribution in [0.1, 0.15) is 34.5 Å². The van der Waals surface area contributed by atoms with Gasteiger partial charge in [-0.2, -0.15) is 0 Å². The number of aryl methyl sites for hydroxylation is 1. The zero-order valence-corrected chi connectivity index (χ0v) is 17.9. The van der Waals surface area contributed by atoms with Crippen molar-refractivity contribution in [2.75, 3.05) is 40.9 Å². The first-order valence-electron chi connectivity index (χ1n) is 10.1. The normalized spacial score (nSPS) is 16.7. The molecule has 3 rings (SSSR count). The van der Waals surface area contributed by atoms with Gasteiger partial charge in [0.05, 0.1) is 19.8 Å². The molecule has 1 aromatic heterocycles. The molecule has 156 valence electrons. The molecule has 1 aromatic carbocycles. The largest absolute Gasteiger partial charge is 0.493 e. The van der Waals surface area contributed by atoms with Crippen molar-refractivity contribution in [3.8, 4) is 11.5 Å². The van der Waals surface area contributed by atoms with E-state index in [0.29, 0.717) is 11.6 Å². The van der Waals surface area contributed by atoms with Gasteiger partial charge in [0.2, 0.25) is 0 Å². The summed E-state index contributed by atoms with van der Waals surface area (Å²) < 4.78 is 10.7. The molecule has 0 aliphatic carbocycles. The van der Waals surface area contributed by atoms with Gasteiger partial charge < -0.3 is 19.3 Å². The van der Waals surface area contributed by atoms with Gasteiger partial charge in [-0.3, -0.25) is 9.78 Å². The summed E-state index contributed by atoms with van der Waals surface area (Å²) in [4.78, 5) is 21.4. The molecule has 1 saturated heterocycles. The minimum absolute atomic E-state index is 0.0792. The Morgan fingerprint density at radius 3 is 2.69 bits per heavy atom. The first-order chi connectivity index (χ1) is 14.0. The number of rotatable bonds is 7. The Kier molecular flexibility index (Phi) is 7.09. The molecular weight excluding hydrogens is 366 g/mol. The van der Waals surface area contributed by atoms with Crippen molar-refractivity contribution in [3.05, 3.63) is 53.3 Å². The van der Waals surface area contributed by atoms with E-state index >= 15 is 0 Å². The fraction of sp³-hybridized carbons (Fsp3) is 0.478. The van der Waals surface area contributed by atoms with E-state index in [1.54, 1.807) is 20.4 Å². The maximum atomic E-state index is 12.8. The summed E-state index contributed by atoms with van der Waals surface area (Å²) in [5, 5.41) is 0. The van der Waals surface area contributed by atoms with E-state index in [-0.39, 0.29) is 5.91 Å². The Balaban J connectivity index is 1.57. The maximum absolute atomic E-state index is 12.8. The average molecular weight is 398 g/mol. The summed E-state index contributed by atoms with van der Waals surface area (Å²) in [6.07, 6.45) is 4.74. The van der Waals surface area contributed by atoms with Crippen molar-refractivity contribution in [3.63, 3.8) is 0 Å². The Labute approximate surface area is 173 Å². The Bertz CT molecular complexity index is 823. The SMILES string of the molecule is COc1ccc(CCN(C)[C@H]2CCCN(C(=O)c3ccc(C)nc3)C2)cc1OC. The highest BCUT2D eigenvalue weighted by Gasteiger charge is 2.27. The first-order valence-corrected chi connectivity index (χ1v) is 10.1. The number of benzene rings is 1. The molecule has 0 N–H and O–H groups in total. The van der Waals surface area contributed by atoms with E-state index in [2.05, 4.69) is 23.0 Å². The van der Waals surface area contributed by atoms with Crippen LogP contribution in [0.5, 0.6) is 11.5 Å². The van der Waals surface area contributed by atoms with Gasteiger partial charge in [-0.25, -0.2) is 0 Å². The summed E-state index contributed by atoms with van der Waals surface area (Å²) in [6, 6.07) is 10.2. The predicted octanol–water partition coefficient (Wildman–Crippen LogP) is 3.19. The number of hydrogen-bond donors (Lipinski definition) is 0. The van der Waals surface area contributed by atoms with Gasteiger partial charge in [0, 0.05) is 37.6 Å². The van der Waals surface area contributed by atoms with Crippen LogP contribution < -0.4 is 9.47 Å². The van der Waals surface area contributed by atoms with E-state index in [9.17, 15) is 4.79 Å². The summed E-state index contributed by atoms with van der Waals surface area (Å²) >= 11 is 0. The molecule has 6 nitrogen and oxygen atoms in total. The van der Waals surface area contributed by atoms with Crippen LogP contribution in [0.3, 0.4) is 0 Å². The zero-order valence-electron chi connectivity index (χ0n) is 17.9. The molecule has 1 fully saturated rings. The van der Waals surface area contributed by atoms with Crippen molar-refractivity contribution in [2.45, 2.75) is 32.2 Å². The van der Waals surface area contributed by atoms with Crippen LogP contribution in [0.4, 0.5) is 0 Å². The number of carbonyl (C=O) groups excluding carboxylic acids is 1. The highest BCUT2D eigenvalue weighted by atomic mass is 16.5. The Morgan fingerprint density at radius 2 is 2.00 bits per heavy atom. The molecular formula is C23H31N3O3. The van der Waals surface area contributed by atoms with E-state index in [1.165, 1.54) is 5.56 Å². The number of pyridine rings is 1. The second kappa shape index (κ2) is 9.74. The standard InChI is InChI=1S/C23H31N3O3/c1-17-7-9-19(15-24-17)23(27)26-12-5-6-20(16-26)25(2)13-11-18-8-10-21(28-3)22(14-18)29-4/h7-10,14-15,20H,5-6,11-13,16H2,1-4H3/t20-/m0/s1. The number of carbonyl (C=O) groups is 1. The number of likely N-dealkylation sites (N-methyl/N-ethyl adjacent to an activating group) is 1. The van der Waals surface area contributed by atoms with Crippen LogP contribution in [0.25, 0.3) is 0 Å². The van der Waals surface area contributed by atoms with Gasteiger partial charge in [0.1, 0.15) is 0 Å². The Morgan fingerprint density at radius 1 is 1.21 bits per heavy atom. The highest BCUT2D eigenvalue weighted by Crippen LogP contribution is 2.28. The topological polar surface area (TPSA) is 54.9 Å². The average Bonchev–Trinajstić information content (AvgIpc) is 2.77. The molecule has 0 spiro atoms. The van der Waals surface area contributed by atoms with Gasteiger partial charge in [-0.05, 0) is 63.1 Å². The van der Waals surface area contributed by atoms with E-state index in [4.69, 9.17) is 9.47 Å². The lowest BCUT2D eigenvalue weighted by Gasteiger charge is -2.37. The molecule has 1 aliphatic heterocycles. The fourth-order valence-corrected chi connectivity index (χ4v) is 3.80. The fourth-order valence-electron chi connectivity index (χ4n) is 3.80. The number of nitrogens with zero attached hydrogens (tertiary/aromatic N) is 3. The molecule has 2 aromatic rings. The van der Waals surface area contributed by atoms with Crippen molar-refractivity contribution in [1.29, 1.82) is 0 Å². The molecule has 29 heavy (non-hydrogen) atoms. The summed E-state index contributed by atoms with van der Waals surface area (Å²) in [5.74, 6) is 1.58. The maximum Gasteiger partial charge on any atom is 0.255 e. The van der Waals surface area contributed by atoms with E-state index in [0.717, 1.165) is 56.1 Å². The third kappa shape index (κ3) is 5.26. The second-order valence-electron chi connectivity index (χ2n) is 7.66. The number of aromatic nitrogens is 1. The lowest BCUT2D eigenvalue weighted by Crippen LogP contribution is -2.49. The first kappa shape index (κ1) is 21.1. The molecule has 0 saturated carbocycles. The third-order valence-corrected chi connectivity index (χ3v) is 5.67. The molecule has 1 aliphatic rings. The van der Waals surface area contributed by atoms with E-state index < -0.39 is 0 Å². The van der Waals surface area contributed by atoms with Crippen molar-refractivity contribution in [1.82, 2.24) is 14.8 Å². The van der Waals surface area contributed by atoms with Crippen LogP contribution in [-0.4, -0.2) is 67.6 Å². The van der Waals surface area contributed by atoms with E-state index in [1.807, 2.05) is 36.1 Å². The minimum atomic E-state index is 0.0792. The van der Waals surface area contributed by atoms with Crippen LogP contribution >= 0.6 is 0 Å². The molecule has 6 heteroatoms. The third-order valence-electron chi connectivity index (χ3n) is 5.67. The number of ether oxygens (including phenoxy) is 2. The summed E-state index contributed by atoms with van der Waals surface area (Å²) in [7, 11) is 5.45. The zero-order chi connectivity index (χ0) is 20.8. The minimum Gasteiger partial charge on any atom is -0.493 e. The Hall–Kier alpha value is -2.60. The van der Waals surface area contributed by atoms with Crippen molar-refractivity contribution >= 4 is 5.91 Å². The number of methoxy groups -OCH3 is 2. The van der Waals surface area contributed by atoms with Crippen LogP contribution in [0.15, 0.2) is 36.5 Å². The summed E-state index contributed by atoms with van der Waals surface area (Å²) in [6.45, 7) is 4.43. The van der Waals surface area contributed by atoms with Gasteiger partial charge in [0.15, 0.2) is 11.5 Å². The lowest BCUT2D eigenvalue weighted by atomic mass is 10.0. The van der Waals surface area contributed by atoms with Crippen LogP contribution in [-0.2, 0) is 6.42 Å². The van der Waals surface area contributed by atoms with Gasteiger partial charge in [-0.1, -0.05) is 6.07 Å². The van der Waals surface area contributed by atoms with Gasteiger partial charge in [-0.15, -0.1) is 0 Å². The van der Waals surface area contributed by atoms with Gasteiger partial charge in [0.25, 0.3) is 5.91 Å². The smallest absolute Gasteiger partial charge is 0.255 e. The van der Waals surface area contributed by atoms with Crippen LogP contribution in [0, 0.1) is 6.92 Å². The van der Waals surface area contributed by atoms with Gasteiger partial charge >= 0.3 is 0 Å². The second-order valence-corrected chi connectivity index (χ2v) is 7.66. The molecule has 1 atom stereocenters. The number of piperidine rings is 1. The summed E-state index contributed by atoms with van der Waals surface area (Å²) in [5.41, 5.74) is 2.81. The quantitative estimate of drug-likeness (QED) is 0.718. The molecule has 0 radical (unpaired) electrons. The number of hydrogen-bond acceptors (Lipinski definition) is 5. The molecule has 1 amide bonds. The van der Waals surface area contributed by atoms with Crippen molar-refractivity contribution in [2.24, 2.45) is 0 Å². The highest BCUT2D eigenvalue weighted by molar-refractivity contribution is 5.94. The predicted molar refractivity (Wildman–Crippen MR) is 114 cm³/mol. The molecule has 2 heterocycles. The monoisotopic (exact) mass is 397 g/mol. The van der Waals surface area contributed by atoms with Crippen LogP contribution in [0.2, 0.25) is 0 Å². The lowest BCUT2D eigenvalue weighted by molar-refractivity contribution is 0.0611. The molecule has 0 bridgehead atoms. The van der Waals surface area contributed by atoms with Crippen molar-refractivity contribution < 1.29 is 14.3 Å². The number of amides is 1.